The molecule has 0 atom stereocenters. The van der Waals surface area contributed by atoms with Crippen LogP contribution in [0.4, 0.5) is 0 Å². The molecule has 0 unspecified atom stereocenters. The molecule has 21 valence electrons. The first-order valence-electron chi connectivity index (χ1n) is 1.28. The molecule has 0 saturated carbocycles. The summed E-state index contributed by atoms with van der Waals surface area (Å²) in [4.78, 5) is 0. The van der Waals surface area contributed by atoms with Crippen LogP contribution in [0.3, 0.4) is 0 Å². The summed E-state index contributed by atoms with van der Waals surface area (Å²) in [7, 11) is 0. The Balaban J connectivity index is 2.47. The fourth-order valence-corrected chi connectivity index (χ4v) is 0.102. The minimum atomic E-state index is 0.944. The second-order valence-corrected chi connectivity index (χ2v) is 0.729. The Morgan fingerprint density at radius 3 is 2.25 bits per heavy atom. The minimum absolute atomic E-state index is 0.944. The maximum absolute atomic E-state index is 2.88. The van der Waals surface area contributed by atoms with E-state index in [0.29, 0.717) is 0 Å². The molecule has 0 aromatic rings. The summed E-state index contributed by atoms with van der Waals surface area (Å²) in [6, 6.07) is 0. The van der Waals surface area contributed by atoms with Gasteiger partial charge in [0.15, 0.2) is 0 Å². The highest BCUT2D eigenvalue weighted by atomic mass is 14.9. The van der Waals surface area contributed by atoms with E-state index in [1.165, 1.54) is 0 Å². The SMILES string of the molecule is [C]1=CNC1. The van der Waals surface area contributed by atoms with Crippen molar-refractivity contribution in [2.24, 2.45) is 0 Å². The van der Waals surface area contributed by atoms with Gasteiger partial charge in [0.05, 0.1) is 0 Å². The molecule has 0 bridgehead atoms. The Bertz CT molecular complexity index is 32.5. The Morgan fingerprint density at radius 1 is 2.00 bits per heavy atom. The molecule has 0 spiro atoms. The molecule has 0 aromatic carbocycles. The first kappa shape index (κ1) is 1.82. The highest BCUT2D eigenvalue weighted by molar-refractivity contribution is 4.83. The van der Waals surface area contributed by atoms with Gasteiger partial charge < -0.3 is 5.32 Å². The Hall–Kier alpha value is -0.460. The van der Waals surface area contributed by atoms with Crippen LogP contribution in [0.25, 0.3) is 0 Å². The highest BCUT2D eigenvalue weighted by Gasteiger charge is 1.78. The molecule has 1 aliphatic heterocycles. The number of hydrogen-bond acceptors (Lipinski definition) is 1. The predicted octanol–water partition coefficient (Wildman–Crippen LogP) is -0.0935. The van der Waals surface area contributed by atoms with Gasteiger partial charge in [-0.2, -0.15) is 0 Å². The summed E-state index contributed by atoms with van der Waals surface area (Å²) in [5.41, 5.74) is 0. The molecular weight excluding hydrogens is 50.0 g/mol. The molecule has 0 aliphatic carbocycles. The van der Waals surface area contributed by atoms with Crippen LogP contribution in [0.5, 0.6) is 0 Å². The minimum Gasteiger partial charge on any atom is -0.386 e. The lowest BCUT2D eigenvalue weighted by Crippen LogP contribution is -2.13. The van der Waals surface area contributed by atoms with Gasteiger partial charge in [-0.15, -0.1) is 0 Å². The molecule has 1 rings (SSSR count). The van der Waals surface area contributed by atoms with Crippen molar-refractivity contribution in [3.05, 3.63) is 12.3 Å². The van der Waals surface area contributed by atoms with Crippen molar-refractivity contribution in [1.29, 1.82) is 0 Å². The van der Waals surface area contributed by atoms with E-state index in [1.807, 2.05) is 0 Å². The van der Waals surface area contributed by atoms with Crippen molar-refractivity contribution < 1.29 is 0 Å². The fraction of sp³-hybridized carbons (Fsp3) is 0.333. The van der Waals surface area contributed by atoms with Gasteiger partial charge >= 0.3 is 0 Å². The van der Waals surface area contributed by atoms with Gasteiger partial charge in [0, 0.05) is 12.7 Å². The molecular formula is C3H4N. The van der Waals surface area contributed by atoms with Gasteiger partial charge in [-0.3, -0.25) is 0 Å². The number of nitrogens with one attached hydrogen (secondary N) is 1. The average Bonchev–Trinajstić information content (AvgIpc) is 0.722. The van der Waals surface area contributed by atoms with Crippen LogP contribution in [0.2, 0.25) is 0 Å². The van der Waals surface area contributed by atoms with Crippen LogP contribution in [0.1, 0.15) is 0 Å². The normalized spacial score (nSPS) is 18.0. The summed E-state index contributed by atoms with van der Waals surface area (Å²) in [6.45, 7) is 0.944. The Kier molecular flexibility index (Phi) is 0.219. The van der Waals surface area contributed by atoms with Gasteiger partial charge in [0.25, 0.3) is 0 Å². The van der Waals surface area contributed by atoms with Gasteiger partial charge in [0.2, 0.25) is 0 Å². The van der Waals surface area contributed by atoms with E-state index in [9.17, 15) is 0 Å². The molecule has 1 radical (unpaired) electrons. The number of rotatable bonds is 0. The van der Waals surface area contributed by atoms with E-state index in [2.05, 4.69) is 11.4 Å². The van der Waals surface area contributed by atoms with E-state index in [4.69, 9.17) is 0 Å². The summed E-state index contributed by atoms with van der Waals surface area (Å²) in [5.74, 6) is 0. The molecule has 0 fully saturated rings. The molecule has 1 nitrogen and oxygen atoms in total. The van der Waals surface area contributed by atoms with Gasteiger partial charge in [0.1, 0.15) is 0 Å². The maximum Gasteiger partial charge on any atom is 0.0413 e. The predicted molar refractivity (Wildman–Crippen MR) is 15.8 cm³/mol. The lowest BCUT2D eigenvalue weighted by Gasteiger charge is -1.98. The molecule has 1 heteroatoms. The van der Waals surface area contributed by atoms with Crippen molar-refractivity contribution in [2.75, 3.05) is 6.54 Å². The zero-order chi connectivity index (χ0) is 2.83. The van der Waals surface area contributed by atoms with E-state index >= 15 is 0 Å². The monoisotopic (exact) mass is 54.0 g/mol. The molecule has 0 amide bonds. The first-order valence-corrected chi connectivity index (χ1v) is 1.28. The zero-order valence-corrected chi connectivity index (χ0v) is 2.28. The fourth-order valence-electron chi connectivity index (χ4n) is 0.102. The maximum atomic E-state index is 2.88. The average molecular weight is 54.1 g/mol. The third-order valence-corrected chi connectivity index (χ3v) is 0.408. The third-order valence-electron chi connectivity index (χ3n) is 0.408. The van der Waals surface area contributed by atoms with Gasteiger partial charge in [-0.05, 0) is 6.08 Å². The van der Waals surface area contributed by atoms with Crippen molar-refractivity contribution in [3.8, 4) is 0 Å². The summed E-state index contributed by atoms with van der Waals surface area (Å²) in [5, 5.41) is 2.88. The molecule has 1 aliphatic rings. The summed E-state index contributed by atoms with van der Waals surface area (Å²) in [6.07, 6.45) is 4.68. The topological polar surface area (TPSA) is 12.0 Å². The summed E-state index contributed by atoms with van der Waals surface area (Å²) < 4.78 is 0. The van der Waals surface area contributed by atoms with Crippen molar-refractivity contribution >= 4 is 0 Å². The van der Waals surface area contributed by atoms with E-state index in [0.717, 1.165) is 6.54 Å². The van der Waals surface area contributed by atoms with Gasteiger partial charge in [-0.25, -0.2) is 0 Å². The Labute approximate surface area is 25.3 Å². The largest absolute Gasteiger partial charge is 0.386 e. The number of hydrogen-bond donors (Lipinski definition) is 1. The lowest BCUT2D eigenvalue weighted by atomic mass is 10.5. The highest BCUT2D eigenvalue weighted by Crippen LogP contribution is 1.70. The summed E-state index contributed by atoms with van der Waals surface area (Å²) >= 11 is 0. The zero-order valence-electron chi connectivity index (χ0n) is 2.28. The van der Waals surface area contributed by atoms with Crippen LogP contribution in [-0.2, 0) is 0 Å². The van der Waals surface area contributed by atoms with Crippen LogP contribution in [0.15, 0.2) is 6.20 Å². The quantitative estimate of drug-likeness (QED) is 0.407. The van der Waals surface area contributed by atoms with Crippen LogP contribution < -0.4 is 5.32 Å². The van der Waals surface area contributed by atoms with Crippen molar-refractivity contribution in [1.82, 2.24) is 5.32 Å². The van der Waals surface area contributed by atoms with Gasteiger partial charge in [-0.1, -0.05) is 0 Å². The molecule has 1 heterocycles. The van der Waals surface area contributed by atoms with Crippen LogP contribution >= 0.6 is 0 Å². The van der Waals surface area contributed by atoms with Crippen LogP contribution in [0, 0.1) is 6.08 Å². The molecule has 0 saturated heterocycles. The van der Waals surface area contributed by atoms with Crippen molar-refractivity contribution in [2.45, 2.75) is 0 Å². The van der Waals surface area contributed by atoms with Crippen molar-refractivity contribution in [3.63, 3.8) is 0 Å². The van der Waals surface area contributed by atoms with Crippen LogP contribution in [-0.4, -0.2) is 6.54 Å². The van der Waals surface area contributed by atoms with E-state index < -0.39 is 0 Å². The first-order chi connectivity index (χ1) is 2.00. The van der Waals surface area contributed by atoms with E-state index in [-0.39, 0.29) is 0 Å². The standard InChI is InChI=1S/C3H4N/c1-2-4-3-1/h2,4H,3H2. The smallest absolute Gasteiger partial charge is 0.0413 e. The lowest BCUT2D eigenvalue weighted by molar-refractivity contribution is 0.874. The molecule has 0 aromatic heterocycles. The second-order valence-electron chi connectivity index (χ2n) is 0.729. The molecule has 1 N–H and O–H groups in total. The third kappa shape index (κ3) is 0.0358. The van der Waals surface area contributed by atoms with E-state index in [1.54, 1.807) is 6.20 Å². The molecule has 4 heavy (non-hydrogen) atoms. The Morgan fingerprint density at radius 2 is 2.25 bits per heavy atom. The second kappa shape index (κ2) is 0.481.